The number of allylic oxidation sites excluding steroid dienone is 2. The molecule has 2 atom stereocenters. The van der Waals surface area contributed by atoms with Crippen LogP contribution in [0.2, 0.25) is 0 Å². The molecule has 0 spiro atoms. The Morgan fingerprint density at radius 3 is 2.74 bits per heavy atom. The zero-order chi connectivity index (χ0) is 13.8. The number of aliphatic hydroxyl groups is 1. The van der Waals surface area contributed by atoms with E-state index in [1.165, 1.54) is 4.90 Å². The number of rotatable bonds is 4. The van der Waals surface area contributed by atoms with Gasteiger partial charge in [-0.2, -0.15) is 5.26 Å². The minimum atomic E-state index is -0.800. The van der Waals surface area contributed by atoms with Gasteiger partial charge in [0.05, 0.1) is 0 Å². The summed E-state index contributed by atoms with van der Waals surface area (Å²) in [6.07, 6.45) is 6.00. The molecule has 0 radical (unpaired) electrons. The van der Waals surface area contributed by atoms with Crippen molar-refractivity contribution in [2.24, 2.45) is 11.1 Å². The summed E-state index contributed by atoms with van der Waals surface area (Å²) < 4.78 is 5.36. The molecular weight excluding hydrogens is 266 g/mol. The van der Waals surface area contributed by atoms with Crippen molar-refractivity contribution in [2.75, 3.05) is 6.61 Å². The van der Waals surface area contributed by atoms with Crippen LogP contribution in [-0.2, 0) is 4.74 Å². The first kappa shape index (κ1) is 17.6. The highest BCUT2D eigenvalue weighted by Gasteiger charge is 2.28. The maximum absolute atomic E-state index is 9.92. The second-order valence-corrected chi connectivity index (χ2v) is 5.20. The Hall–Kier alpha value is -1.44. The molecule has 0 aromatic carbocycles. The molecule has 0 saturated heterocycles. The fraction of sp³-hybridized carbons (Fsp3) is 0.538. The van der Waals surface area contributed by atoms with Gasteiger partial charge in [-0.25, -0.2) is 4.90 Å². The van der Waals surface area contributed by atoms with Crippen LogP contribution in [0.3, 0.4) is 0 Å². The predicted molar refractivity (Wildman–Crippen MR) is 74.8 cm³/mol. The van der Waals surface area contributed by atoms with E-state index in [2.05, 4.69) is 5.73 Å². The summed E-state index contributed by atoms with van der Waals surface area (Å²) in [7, 11) is 0. The molecule has 0 aromatic heterocycles. The number of nitrogens with zero attached hydrogens (tertiary/aromatic N) is 2. The van der Waals surface area contributed by atoms with Gasteiger partial charge >= 0.3 is 0 Å². The Bertz CT molecular complexity index is 428. The highest BCUT2D eigenvalue weighted by atomic mass is 35.5. The van der Waals surface area contributed by atoms with Gasteiger partial charge in [0.2, 0.25) is 0 Å². The van der Waals surface area contributed by atoms with Crippen molar-refractivity contribution in [3.8, 4) is 6.19 Å². The monoisotopic (exact) mass is 285 g/mol. The summed E-state index contributed by atoms with van der Waals surface area (Å²) in [4.78, 5) is 1.23. The lowest BCUT2D eigenvalue weighted by molar-refractivity contribution is 0.0151. The van der Waals surface area contributed by atoms with Crippen LogP contribution in [0.4, 0.5) is 0 Å². The molecule has 0 aliphatic carbocycles. The minimum absolute atomic E-state index is 0. The van der Waals surface area contributed by atoms with Crippen LogP contribution in [0.15, 0.2) is 30.0 Å². The average Bonchev–Trinajstić information content (AvgIpc) is 2.34. The summed E-state index contributed by atoms with van der Waals surface area (Å²) in [6, 6.07) is -0.406. The Balaban J connectivity index is 0.00000324. The number of hydrogen-bond acceptors (Lipinski definition) is 5. The van der Waals surface area contributed by atoms with Crippen molar-refractivity contribution in [3.05, 3.63) is 30.0 Å². The van der Waals surface area contributed by atoms with E-state index in [4.69, 9.17) is 15.7 Å². The first-order valence-electron chi connectivity index (χ1n) is 5.75. The van der Waals surface area contributed by atoms with Crippen molar-refractivity contribution in [3.63, 3.8) is 0 Å². The van der Waals surface area contributed by atoms with Gasteiger partial charge in [-0.3, -0.25) is 0 Å². The molecule has 6 heteroatoms. The lowest BCUT2D eigenvalue weighted by Crippen LogP contribution is -2.47. The van der Waals surface area contributed by atoms with Gasteiger partial charge in [0, 0.05) is 12.2 Å². The quantitative estimate of drug-likeness (QED) is 0.604. The third-order valence-electron chi connectivity index (χ3n) is 2.67. The molecule has 5 nitrogen and oxygen atoms in total. The zero-order valence-electron chi connectivity index (χ0n) is 11.3. The second kappa shape index (κ2) is 7.22. The largest absolute Gasteiger partial charge is 0.469 e. The highest BCUT2D eigenvalue weighted by molar-refractivity contribution is 5.85. The standard InChI is InChI=1S/C13H19N3O2.ClH/c1-13(2,3)12(15)10(17)8-18-11-6-4-5-7-16(11)9-14;/h4-5,7,10,12,17H,8,15H2,1-3H3;1H. The van der Waals surface area contributed by atoms with Crippen LogP contribution in [-0.4, -0.2) is 28.8 Å². The smallest absolute Gasteiger partial charge is 0.253 e. The van der Waals surface area contributed by atoms with Crippen molar-refractivity contribution in [2.45, 2.75) is 32.9 Å². The Morgan fingerprint density at radius 2 is 2.21 bits per heavy atom. The SMILES string of the molecule is CC(C)(C)C(N)C(O)COC1=C=CC=CN1C#N.Cl. The van der Waals surface area contributed by atoms with Crippen LogP contribution >= 0.6 is 12.4 Å². The molecule has 0 bridgehead atoms. The predicted octanol–water partition coefficient (Wildman–Crippen LogP) is 1.47. The number of nitrogens with two attached hydrogens (primary N) is 1. The van der Waals surface area contributed by atoms with Crippen molar-refractivity contribution >= 4 is 12.4 Å². The van der Waals surface area contributed by atoms with Crippen LogP contribution in [0.5, 0.6) is 0 Å². The molecule has 0 amide bonds. The molecule has 0 fully saturated rings. The zero-order valence-corrected chi connectivity index (χ0v) is 12.1. The van der Waals surface area contributed by atoms with Crippen LogP contribution in [0, 0.1) is 16.9 Å². The van der Waals surface area contributed by atoms with Crippen molar-refractivity contribution in [1.29, 1.82) is 5.26 Å². The lowest BCUT2D eigenvalue weighted by Gasteiger charge is -2.31. The molecule has 1 aliphatic rings. The summed E-state index contributed by atoms with van der Waals surface area (Å²) in [6.45, 7) is 5.88. The fourth-order valence-corrected chi connectivity index (χ4v) is 1.42. The van der Waals surface area contributed by atoms with Gasteiger partial charge in [0.1, 0.15) is 12.7 Å². The van der Waals surface area contributed by atoms with E-state index in [0.717, 1.165) is 0 Å². The van der Waals surface area contributed by atoms with E-state index >= 15 is 0 Å². The third kappa shape index (κ3) is 4.98. The Labute approximate surface area is 120 Å². The molecule has 1 heterocycles. The van der Waals surface area contributed by atoms with E-state index in [-0.39, 0.29) is 30.3 Å². The van der Waals surface area contributed by atoms with Crippen molar-refractivity contribution < 1.29 is 9.84 Å². The van der Waals surface area contributed by atoms with Gasteiger partial charge < -0.3 is 15.6 Å². The first-order chi connectivity index (χ1) is 8.36. The summed E-state index contributed by atoms with van der Waals surface area (Å²) in [5, 5.41) is 18.8. The molecule has 19 heavy (non-hydrogen) atoms. The highest BCUT2D eigenvalue weighted by Crippen LogP contribution is 2.20. The van der Waals surface area contributed by atoms with Gasteiger partial charge in [-0.1, -0.05) is 26.5 Å². The van der Waals surface area contributed by atoms with Crippen LogP contribution < -0.4 is 5.73 Å². The average molecular weight is 286 g/mol. The number of nitriles is 1. The van der Waals surface area contributed by atoms with E-state index in [1.807, 2.05) is 27.0 Å². The maximum Gasteiger partial charge on any atom is 0.253 e. The van der Waals surface area contributed by atoms with Crippen LogP contribution in [0.25, 0.3) is 0 Å². The second-order valence-electron chi connectivity index (χ2n) is 5.20. The Kier molecular flexibility index (Phi) is 6.68. The van der Waals surface area contributed by atoms with Gasteiger partial charge in [0.15, 0.2) is 6.19 Å². The van der Waals surface area contributed by atoms with Gasteiger partial charge in [-0.05, 0) is 17.6 Å². The van der Waals surface area contributed by atoms with E-state index < -0.39 is 12.1 Å². The third-order valence-corrected chi connectivity index (χ3v) is 2.67. The molecule has 3 N–H and O–H groups in total. The number of ether oxygens (including phenoxy) is 1. The van der Waals surface area contributed by atoms with Gasteiger partial charge in [-0.15, -0.1) is 12.4 Å². The van der Waals surface area contributed by atoms with Crippen molar-refractivity contribution in [1.82, 2.24) is 4.90 Å². The Morgan fingerprint density at radius 1 is 1.58 bits per heavy atom. The number of aliphatic hydroxyl groups excluding tert-OH is 1. The number of halogens is 1. The summed E-state index contributed by atoms with van der Waals surface area (Å²) >= 11 is 0. The summed E-state index contributed by atoms with van der Waals surface area (Å²) in [5.41, 5.74) is 8.49. The number of hydrogen-bond donors (Lipinski definition) is 2. The molecule has 0 aromatic rings. The normalized spacial score (nSPS) is 17.1. The molecule has 2 unspecified atom stereocenters. The topological polar surface area (TPSA) is 82.5 Å². The van der Waals surface area contributed by atoms with E-state index in [1.54, 1.807) is 18.4 Å². The molecule has 0 saturated carbocycles. The lowest BCUT2D eigenvalue weighted by atomic mass is 9.84. The summed E-state index contributed by atoms with van der Waals surface area (Å²) in [5.74, 6) is 0.264. The van der Waals surface area contributed by atoms with E-state index in [0.29, 0.717) is 0 Å². The maximum atomic E-state index is 9.92. The molecule has 1 rings (SSSR count). The molecule has 1 aliphatic heterocycles. The van der Waals surface area contributed by atoms with Gasteiger partial charge in [0.25, 0.3) is 5.88 Å². The minimum Gasteiger partial charge on any atom is -0.469 e. The van der Waals surface area contributed by atoms with Crippen LogP contribution in [0.1, 0.15) is 20.8 Å². The van der Waals surface area contributed by atoms with E-state index in [9.17, 15) is 5.11 Å². The fourth-order valence-electron chi connectivity index (χ4n) is 1.42. The first-order valence-corrected chi connectivity index (χ1v) is 5.75. The molecule has 106 valence electrons. The molecular formula is C13H20ClN3O2.